The summed E-state index contributed by atoms with van der Waals surface area (Å²) in [4.78, 5) is 0. The predicted molar refractivity (Wildman–Crippen MR) is 365 cm³/mol. The number of hydrogen-bond donors (Lipinski definition) is 0. The monoisotopic (exact) mass is 1100 g/mol. The standard InChI is InChI=1S/C85H56N2/c1-3-18-57(19-4-1)58-34-36-60(37-35-58)62-46-50-68(51-47-62)85(78-29-12-7-25-72(78)73-26-8-13-30-79(73)85)69-21-17-20-65(54-69)63-40-38-59(39-41-63)61-42-44-64(45-43-61)71-24-9-14-31-80(71)87-82-33-16-11-28-75(82)77-56-67(49-53-84(77)87)66-48-52-83-76(55-66)74-27-10-15-32-81(74)86(83)70-22-5-2-6-23-70/h1-56H. The van der Waals surface area contributed by atoms with Crippen LogP contribution in [0.25, 0.3) is 133 Å². The molecule has 0 aliphatic heterocycles. The fraction of sp³-hybridized carbons (Fsp3) is 0.0118. The van der Waals surface area contributed by atoms with E-state index < -0.39 is 5.41 Å². The maximum Gasteiger partial charge on any atom is 0.0713 e. The Hall–Kier alpha value is -11.3. The summed E-state index contributed by atoms with van der Waals surface area (Å²) < 4.78 is 4.84. The smallest absolute Gasteiger partial charge is 0.0713 e. The van der Waals surface area contributed by atoms with Gasteiger partial charge in [0, 0.05) is 32.8 Å². The predicted octanol–water partition coefficient (Wildman–Crippen LogP) is 22.2. The minimum atomic E-state index is -0.520. The van der Waals surface area contributed by atoms with Gasteiger partial charge in [0.1, 0.15) is 0 Å². The Morgan fingerprint density at radius 3 is 1.13 bits per heavy atom. The zero-order valence-electron chi connectivity index (χ0n) is 47.7. The van der Waals surface area contributed by atoms with Gasteiger partial charge >= 0.3 is 0 Å². The maximum atomic E-state index is 2.46. The molecule has 14 aromatic carbocycles. The van der Waals surface area contributed by atoms with Crippen molar-refractivity contribution in [3.05, 3.63) is 362 Å². The highest BCUT2D eigenvalue weighted by atomic mass is 15.0. The highest BCUT2D eigenvalue weighted by Crippen LogP contribution is 2.56. The van der Waals surface area contributed by atoms with Crippen molar-refractivity contribution in [1.82, 2.24) is 9.13 Å². The molecule has 2 heterocycles. The second-order valence-corrected chi connectivity index (χ2v) is 23.1. The van der Waals surface area contributed by atoms with Gasteiger partial charge in [-0.2, -0.15) is 0 Å². The molecular formula is C85H56N2. The summed E-state index contributed by atoms with van der Waals surface area (Å²) >= 11 is 0. The van der Waals surface area contributed by atoms with Crippen LogP contribution < -0.4 is 0 Å². The Morgan fingerprint density at radius 2 is 0.563 bits per heavy atom. The van der Waals surface area contributed by atoms with Crippen LogP contribution in [-0.4, -0.2) is 9.13 Å². The van der Waals surface area contributed by atoms with Crippen molar-refractivity contribution in [2.75, 3.05) is 0 Å². The Bertz CT molecular complexity index is 5230. The lowest BCUT2D eigenvalue weighted by molar-refractivity contribution is 0.769. The first-order valence-corrected chi connectivity index (χ1v) is 30.1. The zero-order valence-corrected chi connectivity index (χ0v) is 47.7. The molecule has 406 valence electrons. The lowest BCUT2D eigenvalue weighted by atomic mass is 9.67. The molecule has 1 aliphatic rings. The van der Waals surface area contributed by atoms with Gasteiger partial charge in [0.25, 0.3) is 0 Å². The van der Waals surface area contributed by atoms with E-state index >= 15 is 0 Å². The van der Waals surface area contributed by atoms with Gasteiger partial charge in [-0.1, -0.05) is 279 Å². The third kappa shape index (κ3) is 8.17. The zero-order chi connectivity index (χ0) is 57.4. The normalized spacial score (nSPS) is 12.5. The molecule has 0 amide bonds. The van der Waals surface area contributed by atoms with E-state index in [2.05, 4.69) is 349 Å². The van der Waals surface area contributed by atoms with E-state index in [0.29, 0.717) is 0 Å². The van der Waals surface area contributed by atoms with E-state index in [-0.39, 0.29) is 0 Å². The first kappa shape index (κ1) is 50.2. The second-order valence-electron chi connectivity index (χ2n) is 23.1. The minimum absolute atomic E-state index is 0.520. The van der Waals surface area contributed by atoms with E-state index in [0.717, 1.165) is 5.69 Å². The van der Waals surface area contributed by atoms with Crippen molar-refractivity contribution in [1.29, 1.82) is 0 Å². The molecule has 16 aromatic rings. The molecule has 0 atom stereocenters. The maximum absolute atomic E-state index is 2.46. The van der Waals surface area contributed by atoms with Crippen molar-refractivity contribution in [2.45, 2.75) is 5.41 Å². The molecule has 0 fully saturated rings. The average molecular weight is 1110 g/mol. The SMILES string of the molecule is c1ccc(-c2ccc(-c3ccc(C4(c5cccc(-c6ccc(-c7ccc(-c8ccccc8-n8c9ccccc9c9cc(-c%10ccc%11c(c%10)c%10ccccc%10n%11-c%10ccccc%10)ccc98)cc7)cc6)c5)c5ccccc5-c5ccccc54)cc3)cc2)cc1. The van der Waals surface area contributed by atoms with Gasteiger partial charge in [0.2, 0.25) is 0 Å². The van der Waals surface area contributed by atoms with E-state index in [1.54, 1.807) is 0 Å². The highest BCUT2D eigenvalue weighted by molar-refractivity contribution is 6.13. The van der Waals surface area contributed by atoms with Crippen molar-refractivity contribution in [2.24, 2.45) is 0 Å². The molecule has 2 heteroatoms. The van der Waals surface area contributed by atoms with Crippen molar-refractivity contribution in [3.63, 3.8) is 0 Å². The molecule has 0 spiro atoms. The number of hydrogen-bond acceptors (Lipinski definition) is 0. The van der Waals surface area contributed by atoms with Crippen LogP contribution in [-0.2, 0) is 5.41 Å². The van der Waals surface area contributed by atoms with Gasteiger partial charge in [-0.05, 0) is 155 Å². The summed E-state index contributed by atoms with van der Waals surface area (Å²) in [6.07, 6.45) is 0. The van der Waals surface area contributed by atoms with E-state index in [9.17, 15) is 0 Å². The quantitative estimate of drug-likeness (QED) is 0.129. The molecule has 0 bridgehead atoms. The summed E-state index contributed by atoms with van der Waals surface area (Å²) in [5.74, 6) is 0. The van der Waals surface area contributed by atoms with Gasteiger partial charge in [0.05, 0.1) is 33.2 Å². The van der Waals surface area contributed by atoms with Crippen LogP contribution in [0, 0.1) is 0 Å². The second kappa shape index (κ2) is 20.5. The largest absolute Gasteiger partial charge is 0.309 e. The summed E-state index contributed by atoms with van der Waals surface area (Å²) in [5.41, 5.74) is 28.6. The molecule has 87 heavy (non-hydrogen) atoms. The number of aromatic nitrogens is 2. The fourth-order valence-corrected chi connectivity index (χ4v) is 14.4. The van der Waals surface area contributed by atoms with Crippen LogP contribution in [0.1, 0.15) is 22.3 Å². The van der Waals surface area contributed by atoms with Gasteiger partial charge in [-0.15, -0.1) is 0 Å². The molecule has 0 unspecified atom stereocenters. The molecule has 0 saturated heterocycles. The number of rotatable bonds is 10. The number of nitrogens with zero attached hydrogens (tertiary/aromatic N) is 2. The Balaban J connectivity index is 0.681. The van der Waals surface area contributed by atoms with Gasteiger partial charge in [0.15, 0.2) is 0 Å². The lowest BCUT2D eigenvalue weighted by Gasteiger charge is -2.34. The molecule has 0 N–H and O–H groups in total. The van der Waals surface area contributed by atoms with Crippen LogP contribution in [0.4, 0.5) is 0 Å². The van der Waals surface area contributed by atoms with Crippen molar-refractivity contribution >= 4 is 43.6 Å². The average Bonchev–Trinajstić information content (AvgIpc) is 1.60. The molecule has 17 rings (SSSR count). The molecule has 2 aromatic heterocycles. The summed E-state index contributed by atoms with van der Waals surface area (Å²) in [5, 5.41) is 4.97. The van der Waals surface area contributed by atoms with Crippen LogP contribution in [0.2, 0.25) is 0 Å². The summed E-state index contributed by atoms with van der Waals surface area (Å²) in [6.45, 7) is 0. The van der Waals surface area contributed by atoms with Crippen molar-refractivity contribution in [3.8, 4) is 89.3 Å². The van der Waals surface area contributed by atoms with Crippen LogP contribution in [0.3, 0.4) is 0 Å². The lowest BCUT2D eigenvalue weighted by Crippen LogP contribution is -2.28. The first-order chi connectivity index (χ1) is 43.1. The molecule has 2 nitrogen and oxygen atoms in total. The number of para-hydroxylation sites is 4. The van der Waals surface area contributed by atoms with Crippen LogP contribution in [0.5, 0.6) is 0 Å². The molecular weight excluding hydrogens is 1050 g/mol. The van der Waals surface area contributed by atoms with Crippen LogP contribution >= 0.6 is 0 Å². The van der Waals surface area contributed by atoms with Crippen LogP contribution in [0.15, 0.2) is 340 Å². The molecule has 1 aliphatic carbocycles. The van der Waals surface area contributed by atoms with E-state index in [1.165, 1.54) is 149 Å². The summed E-state index contributed by atoms with van der Waals surface area (Å²) in [6, 6.07) is 126. The third-order valence-electron chi connectivity index (χ3n) is 18.5. The van der Waals surface area contributed by atoms with E-state index in [1.807, 2.05) is 0 Å². The van der Waals surface area contributed by atoms with Gasteiger partial charge in [-0.3, -0.25) is 0 Å². The van der Waals surface area contributed by atoms with Gasteiger partial charge < -0.3 is 9.13 Å². The van der Waals surface area contributed by atoms with Crippen molar-refractivity contribution < 1.29 is 0 Å². The Morgan fingerprint density at radius 1 is 0.195 bits per heavy atom. The minimum Gasteiger partial charge on any atom is -0.309 e. The highest BCUT2D eigenvalue weighted by Gasteiger charge is 2.46. The number of fused-ring (bicyclic) bond motifs is 9. The fourth-order valence-electron chi connectivity index (χ4n) is 14.4. The molecule has 0 saturated carbocycles. The number of benzene rings is 14. The topological polar surface area (TPSA) is 9.86 Å². The van der Waals surface area contributed by atoms with E-state index in [4.69, 9.17) is 0 Å². The summed E-state index contributed by atoms with van der Waals surface area (Å²) in [7, 11) is 0. The molecule has 0 radical (unpaired) electrons. The Kier molecular flexibility index (Phi) is 11.8. The Labute approximate surface area is 506 Å². The first-order valence-electron chi connectivity index (χ1n) is 30.1. The van der Waals surface area contributed by atoms with Gasteiger partial charge in [-0.25, -0.2) is 0 Å². The third-order valence-corrected chi connectivity index (χ3v) is 18.5.